The number of pyridine rings is 1. The van der Waals surface area contributed by atoms with Crippen LogP contribution in [0.5, 0.6) is 0 Å². The Hall–Kier alpha value is -0.370. The highest BCUT2D eigenvalue weighted by atomic mass is 79.9. The summed E-state index contributed by atoms with van der Waals surface area (Å²) in [6.07, 6.45) is 3.64. The SMILES string of the molecule is C[C@@H](Br)c1cccnc1. The minimum Gasteiger partial charge on any atom is -0.264 e. The summed E-state index contributed by atoms with van der Waals surface area (Å²) in [5.41, 5.74) is 1.22. The summed E-state index contributed by atoms with van der Waals surface area (Å²) in [7, 11) is 0. The highest BCUT2D eigenvalue weighted by Crippen LogP contribution is 2.19. The lowest BCUT2D eigenvalue weighted by molar-refractivity contribution is 1.09. The number of nitrogens with zero attached hydrogens (tertiary/aromatic N) is 1. The van der Waals surface area contributed by atoms with Gasteiger partial charge in [0.2, 0.25) is 0 Å². The van der Waals surface area contributed by atoms with E-state index in [1.165, 1.54) is 5.56 Å². The summed E-state index contributed by atoms with van der Waals surface area (Å²) >= 11 is 3.44. The lowest BCUT2D eigenvalue weighted by atomic mass is 10.2. The molecular formula is C7H8BrN. The van der Waals surface area contributed by atoms with Crippen molar-refractivity contribution in [1.29, 1.82) is 0 Å². The minimum atomic E-state index is 0.409. The summed E-state index contributed by atoms with van der Waals surface area (Å²) in [6.45, 7) is 2.08. The summed E-state index contributed by atoms with van der Waals surface area (Å²) < 4.78 is 0. The molecule has 9 heavy (non-hydrogen) atoms. The Morgan fingerprint density at radius 3 is 2.78 bits per heavy atom. The van der Waals surface area contributed by atoms with E-state index in [1.807, 2.05) is 18.3 Å². The lowest BCUT2D eigenvalue weighted by Crippen LogP contribution is -1.82. The third kappa shape index (κ3) is 1.79. The predicted octanol–water partition coefficient (Wildman–Crippen LogP) is 2.54. The van der Waals surface area contributed by atoms with Crippen LogP contribution in [-0.2, 0) is 0 Å². The quantitative estimate of drug-likeness (QED) is 0.614. The monoisotopic (exact) mass is 185 g/mol. The average molecular weight is 186 g/mol. The second-order valence-corrected chi connectivity index (χ2v) is 3.28. The fourth-order valence-corrected chi connectivity index (χ4v) is 0.882. The Bertz CT molecular complexity index is 172. The second kappa shape index (κ2) is 2.97. The fraction of sp³-hybridized carbons (Fsp3) is 0.286. The molecule has 0 saturated carbocycles. The van der Waals surface area contributed by atoms with Crippen molar-refractivity contribution in [1.82, 2.24) is 4.98 Å². The van der Waals surface area contributed by atoms with Crippen molar-refractivity contribution in [3.63, 3.8) is 0 Å². The third-order valence-electron chi connectivity index (χ3n) is 1.14. The number of aromatic nitrogens is 1. The molecule has 1 rings (SSSR count). The van der Waals surface area contributed by atoms with Gasteiger partial charge in [-0.15, -0.1) is 0 Å². The Kier molecular flexibility index (Phi) is 2.22. The molecular weight excluding hydrogens is 178 g/mol. The van der Waals surface area contributed by atoms with E-state index < -0.39 is 0 Å². The molecule has 0 aromatic carbocycles. The molecule has 0 saturated heterocycles. The van der Waals surface area contributed by atoms with E-state index in [4.69, 9.17) is 0 Å². The van der Waals surface area contributed by atoms with Gasteiger partial charge in [0.05, 0.1) is 0 Å². The van der Waals surface area contributed by atoms with Crippen LogP contribution in [0.3, 0.4) is 0 Å². The zero-order valence-corrected chi connectivity index (χ0v) is 6.80. The van der Waals surface area contributed by atoms with Gasteiger partial charge < -0.3 is 0 Å². The maximum atomic E-state index is 3.98. The second-order valence-electron chi connectivity index (χ2n) is 1.90. The van der Waals surface area contributed by atoms with Gasteiger partial charge in [0.15, 0.2) is 0 Å². The van der Waals surface area contributed by atoms with Crippen LogP contribution in [0.2, 0.25) is 0 Å². The molecule has 0 unspecified atom stereocenters. The number of halogens is 1. The first-order valence-corrected chi connectivity index (χ1v) is 3.76. The number of hydrogen-bond acceptors (Lipinski definition) is 1. The van der Waals surface area contributed by atoms with Crippen LogP contribution < -0.4 is 0 Å². The van der Waals surface area contributed by atoms with Crippen molar-refractivity contribution in [2.45, 2.75) is 11.8 Å². The molecule has 48 valence electrons. The summed E-state index contributed by atoms with van der Waals surface area (Å²) in [4.78, 5) is 4.38. The molecule has 1 nitrogen and oxygen atoms in total. The first-order chi connectivity index (χ1) is 4.30. The Labute approximate surface area is 63.2 Å². The molecule has 0 bridgehead atoms. The van der Waals surface area contributed by atoms with Gasteiger partial charge in [-0.1, -0.05) is 22.0 Å². The molecule has 0 N–H and O–H groups in total. The van der Waals surface area contributed by atoms with E-state index in [1.54, 1.807) is 6.20 Å². The molecule has 0 fully saturated rings. The number of alkyl halides is 1. The third-order valence-corrected chi connectivity index (χ3v) is 1.67. The first-order valence-electron chi connectivity index (χ1n) is 2.84. The van der Waals surface area contributed by atoms with Gasteiger partial charge in [-0.05, 0) is 18.6 Å². The lowest BCUT2D eigenvalue weighted by Gasteiger charge is -1.98. The van der Waals surface area contributed by atoms with Crippen LogP contribution in [0.4, 0.5) is 0 Å². The van der Waals surface area contributed by atoms with Gasteiger partial charge in [-0.2, -0.15) is 0 Å². The van der Waals surface area contributed by atoms with Crippen LogP contribution in [0.15, 0.2) is 24.5 Å². The van der Waals surface area contributed by atoms with Gasteiger partial charge >= 0.3 is 0 Å². The number of hydrogen-bond donors (Lipinski definition) is 0. The smallest absolute Gasteiger partial charge is 0.0382 e. The van der Waals surface area contributed by atoms with Crippen LogP contribution in [0.25, 0.3) is 0 Å². The van der Waals surface area contributed by atoms with E-state index in [0.29, 0.717) is 4.83 Å². The largest absolute Gasteiger partial charge is 0.264 e. The average Bonchev–Trinajstić information content (AvgIpc) is 1.90. The first kappa shape index (κ1) is 6.75. The molecule has 2 heteroatoms. The van der Waals surface area contributed by atoms with Crippen LogP contribution in [0.1, 0.15) is 17.3 Å². The highest BCUT2D eigenvalue weighted by molar-refractivity contribution is 9.09. The van der Waals surface area contributed by atoms with Crippen LogP contribution in [0, 0.1) is 0 Å². The summed E-state index contributed by atoms with van der Waals surface area (Å²) in [5, 5.41) is 0. The normalized spacial score (nSPS) is 13.1. The maximum absolute atomic E-state index is 3.98. The molecule has 0 aliphatic carbocycles. The molecule has 1 aromatic rings. The zero-order valence-electron chi connectivity index (χ0n) is 5.21. The van der Waals surface area contributed by atoms with Crippen molar-refractivity contribution in [3.05, 3.63) is 30.1 Å². The van der Waals surface area contributed by atoms with Crippen LogP contribution >= 0.6 is 15.9 Å². The topological polar surface area (TPSA) is 12.9 Å². The van der Waals surface area contributed by atoms with Gasteiger partial charge in [-0.25, -0.2) is 0 Å². The molecule has 0 spiro atoms. The van der Waals surface area contributed by atoms with Crippen LogP contribution in [-0.4, -0.2) is 4.98 Å². The predicted molar refractivity (Wildman–Crippen MR) is 41.6 cm³/mol. The highest BCUT2D eigenvalue weighted by Gasteiger charge is 1.96. The summed E-state index contributed by atoms with van der Waals surface area (Å²) in [5.74, 6) is 0. The molecule has 0 radical (unpaired) electrons. The fourth-order valence-electron chi connectivity index (χ4n) is 0.611. The molecule has 1 atom stereocenters. The van der Waals surface area contributed by atoms with E-state index in [-0.39, 0.29) is 0 Å². The van der Waals surface area contributed by atoms with Gasteiger partial charge in [-0.3, -0.25) is 4.98 Å². The standard InChI is InChI=1S/C7H8BrN/c1-6(8)7-3-2-4-9-5-7/h2-6H,1H3/t6-/m1/s1. The maximum Gasteiger partial charge on any atom is 0.0382 e. The molecule has 1 aromatic heterocycles. The van der Waals surface area contributed by atoms with Crippen molar-refractivity contribution >= 4 is 15.9 Å². The Balaban J connectivity index is 2.85. The molecule has 0 amide bonds. The zero-order chi connectivity index (χ0) is 6.69. The van der Waals surface area contributed by atoms with E-state index in [2.05, 4.69) is 27.8 Å². The van der Waals surface area contributed by atoms with Crippen molar-refractivity contribution < 1.29 is 0 Å². The van der Waals surface area contributed by atoms with E-state index in [0.717, 1.165) is 0 Å². The van der Waals surface area contributed by atoms with E-state index in [9.17, 15) is 0 Å². The van der Waals surface area contributed by atoms with E-state index >= 15 is 0 Å². The van der Waals surface area contributed by atoms with Gasteiger partial charge in [0.1, 0.15) is 0 Å². The number of rotatable bonds is 1. The van der Waals surface area contributed by atoms with Crippen molar-refractivity contribution in [2.75, 3.05) is 0 Å². The van der Waals surface area contributed by atoms with Gasteiger partial charge in [0, 0.05) is 17.2 Å². The molecule has 1 heterocycles. The molecule has 0 aliphatic rings. The van der Waals surface area contributed by atoms with Crippen molar-refractivity contribution in [3.8, 4) is 0 Å². The summed E-state index contributed by atoms with van der Waals surface area (Å²) in [6, 6.07) is 3.99. The minimum absolute atomic E-state index is 0.409. The van der Waals surface area contributed by atoms with Gasteiger partial charge in [0.25, 0.3) is 0 Å². The Morgan fingerprint density at radius 2 is 2.44 bits per heavy atom. The molecule has 0 aliphatic heterocycles. The Morgan fingerprint density at radius 1 is 1.67 bits per heavy atom. The van der Waals surface area contributed by atoms with Crippen molar-refractivity contribution in [2.24, 2.45) is 0 Å².